The summed E-state index contributed by atoms with van der Waals surface area (Å²) in [6.45, 7) is 3.09. The van der Waals surface area contributed by atoms with Crippen LogP contribution in [0.2, 0.25) is 5.02 Å². The van der Waals surface area contributed by atoms with E-state index >= 15 is 0 Å². The van der Waals surface area contributed by atoms with Crippen LogP contribution in [0.3, 0.4) is 0 Å². The van der Waals surface area contributed by atoms with Gasteiger partial charge in [-0.25, -0.2) is 19.9 Å². The molecule has 0 radical (unpaired) electrons. The Balaban J connectivity index is 1.58. The lowest BCUT2D eigenvalue weighted by Gasteiger charge is -2.37. The van der Waals surface area contributed by atoms with E-state index in [0.717, 1.165) is 28.8 Å². The third-order valence-electron chi connectivity index (χ3n) is 4.63. The first kappa shape index (κ1) is 17.6. The molecule has 1 fully saturated rings. The smallest absolute Gasteiger partial charge is 0.197 e. The van der Waals surface area contributed by atoms with Crippen LogP contribution in [0.25, 0.3) is 22.2 Å². The normalized spacial score (nSPS) is 14.8. The number of hydrogen-bond acceptors (Lipinski definition) is 8. The number of aromatic nitrogens is 6. The molecule has 1 aliphatic rings. The highest BCUT2D eigenvalue weighted by Gasteiger charge is 2.30. The Morgan fingerprint density at radius 1 is 1.29 bits per heavy atom. The van der Waals surface area contributed by atoms with Crippen LogP contribution in [-0.2, 0) is 6.42 Å². The van der Waals surface area contributed by atoms with Crippen molar-refractivity contribution in [3.8, 4) is 0 Å². The van der Waals surface area contributed by atoms with Gasteiger partial charge in [-0.1, -0.05) is 18.5 Å². The third kappa shape index (κ3) is 2.95. The highest BCUT2D eigenvalue weighted by atomic mass is 35.5. The molecule has 0 amide bonds. The zero-order valence-corrected chi connectivity index (χ0v) is 16.5. The van der Waals surface area contributed by atoms with E-state index in [-0.39, 0.29) is 6.10 Å². The van der Waals surface area contributed by atoms with E-state index in [9.17, 15) is 5.11 Å². The van der Waals surface area contributed by atoms with E-state index in [1.54, 1.807) is 12.4 Å². The molecular weight excluding hydrogens is 398 g/mol. The van der Waals surface area contributed by atoms with Gasteiger partial charge in [0.2, 0.25) is 0 Å². The van der Waals surface area contributed by atoms with Crippen LogP contribution in [0.15, 0.2) is 34.7 Å². The van der Waals surface area contributed by atoms with Crippen LogP contribution >= 0.6 is 23.4 Å². The van der Waals surface area contributed by atoms with Crippen LogP contribution < -0.4 is 4.90 Å². The number of pyridine rings is 1. The second-order valence-corrected chi connectivity index (χ2v) is 7.91. The molecular formula is C18H16ClN7OS. The monoisotopic (exact) mass is 413 g/mol. The molecule has 142 valence electrons. The number of nitrogens with one attached hydrogen (secondary N) is 1. The topological polar surface area (TPSA) is 104 Å². The predicted molar refractivity (Wildman–Crippen MR) is 108 cm³/mol. The van der Waals surface area contributed by atoms with Gasteiger partial charge in [0.1, 0.15) is 22.0 Å². The lowest BCUT2D eigenvalue weighted by molar-refractivity contribution is 0.141. The number of fused-ring (bicyclic) bond motifs is 2. The van der Waals surface area contributed by atoms with Crippen molar-refractivity contribution in [2.24, 2.45) is 0 Å². The summed E-state index contributed by atoms with van der Waals surface area (Å²) in [6.07, 6.45) is 3.80. The second-order valence-electron chi connectivity index (χ2n) is 6.54. The number of rotatable bonds is 4. The Labute approximate surface area is 169 Å². The molecule has 4 aromatic rings. The first-order valence-electron chi connectivity index (χ1n) is 8.89. The van der Waals surface area contributed by atoms with Crippen LogP contribution in [0.5, 0.6) is 0 Å². The van der Waals surface area contributed by atoms with Gasteiger partial charge in [0, 0.05) is 25.0 Å². The number of aliphatic hydroxyl groups is 1. The van der Waals surface area contributed by atoms with Crippen molar-refractivity contribution in [1.82, 2.24) is 29.9 Å². The summed E-state index contributed by atoms with van der Waals surface area (Å²) in [6, 6.07) is 3.70. The SMILES string of the molecule is CCc1[nH]c2nc(Sc3cnc4cccnc4n3)nc(N3CC(O)C3)c2c1Cl. The first-order chi connectivity index (χ1) is 13.6. The summed E-state index contributed by atoms with van der Waals surface area (Å²) < 4.78 is 0. The van der Waals surface area contributed by atoms with E-state index in [1.807, 2.05) is 24.0 Å². The maximum Gasteiger partial charge on any atom is 0.197 e. The number of aliphatic hydroxyl groups excluding tert-OH is 1. The number of H-pyrrole nitrogens is 1. The van der Waals surface area contributed by atoms with Gasteiger partial charge in [-0.2, -0.15) is 0 Å². The van der Waals surface area contributed by atoms with Gasteiger partial charge in [0.15, 0.2) is 10.8 Å². The fourth-order valence-electron chi connectivity index (χ4n) is 3.19. The van der Waals surface area contributed by atoms with E-state index < -0.39 is 0 Å². The fraction of sp³-hybridized carbons (Fsp3) is 0.278. The summed E-state index contributed by atoms with van der Waals surface area (Å²) in [5.41, 5.74) is 2.92. The van der Waals surface area contributed by atoms with Crippen molar-refractivity contribution in [2.45, 2.75) is 29.6 Å². The van der Waals surface area contributed by atoms with Gasteiger partial charge < -0.3 is 15.0 Å². The molecule has 0 unspecified atom stereocenters. The van der Waals surface area contributed by atoms with Gasteiger partial charge in [-0.15, -0.1) is 0 Å². The molecule has 0 atom stereocenters. The number of aryl methyl sites for hydroxylation is 1. The average Bonchev–Trinajstić information content (AvgIpc) is 3.00. The molecule has 1 aliphatic heterocycles. The first-order valence-corrected chi connectivity index (χ1v) is 10.1. The Hall–Kier alpha value is -2.49. The summed E-state index contributed by atoms with van der Waals surface area (Å²) in [5.74, 6) is 0.727. The zero-order chi connectivity index (χ0) is 19.3. The molecule has 0 aromatic carbocycles. The standard InChI is InChI=1S/C18H16ClN7OS/c1-2-10-14(19)13-16(22-10)24-18(25-17(13)26-7-9(27)8-26)28-12-6-21-11-4-3-5-20-15(11)23-12/h3-6,9,27H,2,7-8H2,1H3,(H,22,24,25). The summed E-state index contributed by atoms with van der Waals surface area (Å²) >= 11 is 7.88. The highest BCUT2D eigenvalue weighted by Crippen LogP contribution is 2.37. The van der Waals surface area contributed by atoms with Crippen molar-refractivity contribution in [3.63, 3.8) is 0 Å². The number of anilines is 1. The van der Waals surface area contributed by atoms with Gasteiger partial charge in [0.25, 0.3) is 0 Å². The third-order valence-corrected chi connectivity index (χ3v) is 5.82. The van der Waals surface area contributed by atoms with Crippen LogP contribution in [0.4, 0.5) is 5.82 Å². The number of aromatic amines is 1. The maximum absolute atomic E-state index is 9.72. The predicted octanol–water partition coefficient (Wildman–Crippen LogP) is 2.84. The van der Waals surface area contributed by atoms with Gasteiger partial charge >= 0.3 is 0 Å². The van der Waals surface area contributed by atoms with E-state index in [2.05, 4.69) is 24.9 Å². The molecule has 8 nitrogen and oxygen atoms in total. The molecule has 5 heterocycles. The Bertz CT molecular complexity index is 1190. The molecule has 1 saturated heterocycles. The van der Waals surface area contributed by atoms with Crippen LogP contribution in [0, 0.1) is 0 Å². The highest BCUT2D eigenvalue weighted by molar-refractivity contribution is 7.99. The van der Waals surface area contributed by atoms with Crippen molar-refractivity contribution in [3.05, 3.63) is 35.2 Å². The largest absolute Gasteiger partial charge is 0.389 e. The number of hydrogen-bond donors (Lipinski definition) is 2. The van der Waals surface area contributed by atoms with Gasteiger partial charge in [0.05, 0.1) is 22.7 Å². The lowest BCUT2D eigenvalue weighted by atomic mass is 10.1. The molecule has 2 N–H and O–H groups in total. The van der Waals surface area contributed by atoms with Crippen LogP contribution in [-0.4, -0.2) is 54.2 Å². The summed E-state index contributed by atoms with van der Waals surface area (Å²) in [7, 11) is 0. The Morgan fingerprint density at radius 3 is 2.93 bits per heavy atom. The minimum absolute atomic E-state index is 0.345. The van der Waals surface area contributed by atoms with E-state index in [1.165, 1.54) is 11.8 Å². The average molecular weight is 414 g/mol. The molecule has 0 aliphatic carbocycles. The molecule has 10 heteroatoms. The molecule has 28 heavy (non-hydrogen) atoms. The van der Waals surface area contributed by atoms with Gasteiger partial charge in [-0.3, -0.25) is 4.98 Å². The maximum atomic E-state index is 9.72. The number of halogens is 1. The molecule has 0 bridgehead atoms. The second kappa shape index (κ2) is 6.84. The van der Waals surface area contributed by atoms with Crippen molar-refractivity contribution >= 4 is 51.4 Å². The summed E-state index contributed by atoms with van der Waals surface area (Å²) in [5, 5.41) is 12.3. The van der Waals surface area contributed by atoms with Crippen molar-refractivity contribution < 1.29 is 5.11 Å². The fourth-order valence-corrected chi connectivity index (χ4v) is 4.24. The van der Waals surface area contributed by atoms with Gasteiger partial charge in [-0.05, 0) is 30.3 Å². The minimum atomic E-state index is -0.345. The molecule has 5 rings (SSSR count). The quantitative estimate of drug-likeness (QED) is 0.492. The molecule has 4 aromatic heterocycles. The van der Waals surface area contributed by atoms with Crippen LogP contribution in [0.1, 0.15) is 12.6 Å². The minimum Gasteiger partial charge on any atom is -0.389 e. The molecule has 0 spiro atoms. The number of nitrogens with zero attached hydrogens (tertiary/aromatic N) is 6. The zero-order valence-electron chi connectivity index (χ0n) is 14.9. The summed E-state index contributed by atoms with van der Waals surface area (Å²) in [4.78, 5) is 27.8. The van der Waals surface area contributed by atoms with E-state index in [0.29, 0.717) is 39.6 Å². The van der Waals surface area contributed by atoms with Crippen molar-refractivity contribution in [2.75, 3.05) is 18.0 Å². The number of β-amino-alcohol motifs (C(OH)–C–C–N with tert-alkyl or cyclic N) is 1. The van der Waals surface area contributed by atoms with E-state index in [4.69, 9.17) is 16.6 Å². The molecule has 0 saturated carbocycles. The Morgan fingerprint density at radius 2 is 2.14 bits per heavy atom. The lowest BCUT2D eigenvalue weighted by Crippen LogP contribution is -2.51. The van der Waals surface area contributed by atoms with Crippen molar-refractivity contribution in [1.29, 1.82) is 0 Å². The Kier molecular flexibility index (Phi) is 4.30.